The number of rotatable bonds is 9. The minimum absolute atomic E-state index is 0.114. The lowest BCUT2D eigenvalue weighted by Crippen LogP contribution is -2.25. The number of amides is 1. The van der Waals surface area contributed by atoms with Gasteiger partial charge in [-0.3, -0.25) is 9.36 Å². The predicted octanol–water partition coefficient (Wildman–Crippen LogP) is 1.46. The molecule has 136 valence electrons. The molecule has 2 rings (SSSR count). The average molecular weight is 368 g/mol. The fourth-order valence-corrected chi connectivity index (χ4v) is 2.91. The van der Waals surface area contributed by atoms with Crippen LogP contribution in [0.5, 0.6) is 0 Å². The van der Waals surface area contributed by atoms with Crippen molar-refractivity contribution in [2.45, 2.75) is 31.6 Å². The van der Waals surface area contributed by atoms with Crippen LogP contribution in [0, 0.1) is 12.7 Å². The van der Waals surface area contributed by atoms with Crippen LogP contribution >= 0.6 is 11.8 Å². The molecule has 0 aliphatic carbocycles. The van der Waals surface area contributed by atoms with Gasteiger partial charge in [-0.05, 0) is 30.5 Å². The maximum atomic E-state index is 13.5. The van der Waals surface area contributed by atoms with Gasteiger partial charge < -0.3 is 10.1 Å². The molecule has 0 radical (unpaired) electrons. The number of H-pyrrole nitrogens is 1. The molecule has 2 N–H and O–H groups in total. The lowest BCUT2D eigenvalue weighted by atomic mass is 10.1. The molecule has 7 nitrogen and oxygen atoms in total. The second kappa shape index (κ2) is 9.38. The Kier molecular flexibility index (Phi) is 7.20. The number of carbonyl (C=O) groups excluding carboxylic acids is 1. The molecule has 0 bridgehead atoms. The summed E-state index contributed by atoms with van der Waals surface area (Å²) in [5.74, 6) is -0.397. The van der Waals surface area contributed by atoms with Crippen LogP contribution in [0.15, 0.2) is 28.2 Å². The van der Waals surface area contributed by atoms with Crippen LogP contribution in [0.1, 0.15) is 17.5 Å². The van der Waals surface area contributed by atoms with E-state index in [0.29, 0.717) is 35.9 Å². The van der Waals surface area contributed by atoms with Gasteiger partial charge in [0, 0.05) is 26.8 Å². The van der Waals surface area contributed by atoms with Crippen molar-refractivity contribution in [2.24, 2.45) is 0 Å². The van der Waals surface area contributed by atoms with E-state index in [1.54, 1.807) is 26.2 Å². The molecule has 1 amide bonds. The first-order valence-electron chi connectivity index (χ1n) is 7.80. The van der Waals surface area contributed by atoms with Crippen LogP contribution in [0.25, 0.3) is 0 Å². The first kappa shape index (κ1) is 19.2. The number of thioether (sulfide) groups is 1. The molecule has 2 aromatic rings. The number of nitrogens with one attached hydrogen (secondary N) is 2. The van der Waals surface area contributed by atoms with Crippen molar-refractivity contribution in [3.8, 4) is 0 Å². The molecule has 0 saturated carbocycles. The van der Waals surface area contributed by atoms with Crippen LogP contribution in [0.2, 0.25) is 0 Å². The van der Waals surface area contributed by atoms with Gasteiger partial charge in [-0.2, -0.15) is 0 Å². The van der Waals surface area contributed by atoms with Crippen molar-refractivity contribution in [1.29, 1.82) is 0 Å². The summed E-state index contributed by atoms with van der Waals surface area (Å²) >= 11 is 1.17. The summed E-state index contributed by atoms with van der Waals surface area (Å²) in [5.41, 5.74) is 0.947. The Labute approximate surface area is 149 Å². The van der Waals surface area contributed by atoms with Gasteiger partial charge in [0.1, 0.15) is 5.82 Å². The molecule has 1 heterocycles. The Morgan fingerprint density at radius 3 is 3.00 bits per heavy atom. The van der Waals surface area contributed by atoms with Crippen LogP contribution in [0.3, 0.4) is 0 Å². The lowest BCUT2D eigenvalue weighted by Gasteiger charge is -2.07. The Balaban J connectivity index is 1.83. The Hall–Kier alpha value is -2.13. The zero-order valence-corrected chi connectivity index (χ0v) is 15.0. The Morgan fingerprint density at radius 1 is 1.48 bits per heavy atom. The molecular formula is C16H21FN4O3S. The van der Waals surface area contributed by atoms with Gasteiger partial charge in [0.05, 0.1) is 5.75 Å². The maximum absolute atomic E-state index is 13.5. The van der Waals surface area contributed by atoms with E-state index in [-0.39, 0.29) is 29.7 Å². The van der Waals surface area contributed by atoms with Gasteiger partial charge in [0.25, 0.3) is 0 Å². The van der Waals surface area contributed by atoms with Crippen LogP contribution in [0.4, 0.5) is 4.39 Å². The standard InChI is InChI=1S/C16H21FN4O3S/c1-11-4-5-12(8-13(11)17)9-18-14(22)10-25-16-20-19-15(23)21(16)6-3-7-24-2/h4-5,8H,3,6-7,9-10H2,1-2H3,(H,18,22)(H,19,23). The van der Waals surface area contributed by atoms with Gasteiger partial charge in [-0.1, -0.05) is 23.9 Å². The topological polar surface area (TPSA) is 89.0 Å². The zero-order chi connectivity index (χ0) is 18.2. The number of methoxy groups -OCH3 is 1. The number of halogens is 1. The molecule has 25 heavy (non-hydrogen) atoms. The molecule has 0 aliphatic heterocycles. The van der Waals surface area contributed by atoms with Crippen LogP contribution in [-0.4, -0.2) is 40.1 Å². The number of aromatic nitrogens is 3. The van der Waals surface area contributed by atoms with Gasteiger partial charge in [0.2, 0.25) is 5.91 Å². The van der Waals surface area contributed by atoms with Crippen molar-refractivity contribution >= 4 is 17.7 Å². The van der Waals surface area contributed by atoms with Crippen molar-refractivity contribution in [2.75, 3.05) is 19.5 Å². The number of carbonyl (C=O) groups is 1. The van der Waals surface area contributed by atoms with Crippen molar-refractivity contribution in [1.82, 2.24) is 20.1 Å². The van der Waals surface area contributed by atoms with E-state index in [9.17, 15) is 14.0 Å². The lowest BCUT2D eigenvalue weighted by molar-refractivity contribution is -0.118. The first-order valence-corrected chi connectivity index (χ1v) is 8.78. The Bertz CT molecular complexity index is 775. The summed E-state index contributed by atoms with van der Waals surface area (Å²) in [5, 5.41) is 9.48. The quantitative estimate of drug-likeness (QED) is 0.517. The fraction of sp³-hybridized carbons (Fsp3) is 0.438. The molecule has 9 heteroatoms. The van der Waals surface area contributed by atoms with Gasteiger partial charge in [-0.15, -0.1) is 5.10 Å². The second-order valence-corrected chi connectivity index (χ2v) is 6.40. The summed E-state index contributed by atoms with van der Waals surface area (Å²) in [6.07, 6.45) is 0.675. The van der Waals surface area contributed by atoms with Crippen LogP contribution in [-0.2, 0) is 22.6 Å². The zero-order valence-electron chi connectivity index (χ0n) is 14.2. The maximum Gasteiger partial charge on any atom is 0.343 e. The average Bonchev–Trinajstić information content (AvgIpc) is 2.94. The highest BCUT2D eigenvalue weighted by Crippen LogP contribution is 2.13. The molecule has 0 saturated heterocycles. The molecule has 1 aromatic carbocycles. The minimum atomic E-state index is -0.311. The molecule has 1 aromatic heterocycles. The van der Waals surface area contributed by atoms with Crippen molar-refractivity contribution in [3.05, 3.63) is 45.6 Å². The summed E-state index contributed by atoms with van der Waals surface area (Å²) in [4.78, 5) is 23.7. The van der Waals surface area contributed by atoms with Crippen molar-refractivity contribution in [3.63, 3.8) is 0 Å². The summed E-state index contributed by atoms with van der Waals surface area (Å²) in [6, 6.07) is 4.85. The van der Waals surface area contributed by atoms with E-state index in [1.165, 1.54) is 22.4 Å². The third kappa shape index (κ3) is 5.71. The van der Waals surface area contributed by atoms with E-state index < -0.39 is 0 Å². The second-order valence-electron chi connectivity index (χ2n) is 5.46. The number of ether oxygens (including phenoxy) is 1. The van der Waals surface area contributed by atoms with Gasteiger partial charge >= 0.3 is 5.69 Å². The number of aromatic amines is 1. The highest BCUT2D eigenvalue weighted by atomic mass is 32.2. The third-order valence-electron chi connectivity index (χ3n) is 3.51. The SMILES string of the molecule is COCCCn1c(SCC(=O)NCc2ccc(C)c(F)c2)n[nH]c1=O. The minimum Gasteiger partial charge on any atom is -0.385 e. The van der Waals surface area contributed by atoms with Gasteiger partial charge in [-0.25, -0.2) is 14.3 Å². The molecule has 0 unspecified atom stereocenters. The predicted molar refractivity (Wildman–Crippen MR) is 93.0 cm³/mol. The molecule has 0 aliphatic rings. The molecule has 0 atom stereocenters. The van der Waals surface area contributed by atoms with E-state index in [2.05, 4.69) is 15.5 Å². The van der Waals surface area contributed by atoms with Crippen molar-refractivity contribution < 1.29 is 13.9 Å². The number of hydrogen-bond donors (Lipinski definition) is 2. The fourth-order valence-electron chi connectivity index (χ4n) is 2.11. The summed E-state index contributed by atoms with van der Waals surface area (Å²) in [6.45, 7) is 2.94. The number of hydrogen-bond acceptors (Lipinski definition) is 5. The van der Waals surface area contributed by atoms with E-state index >= 15 is 0 Å². The largest absolute Gasteiger partial charge is 0.385 e. The summed E-state index contributed by atoms with van der Waals surface area (Å²) < 4.78 is 19.9. The first-order chi connectivity index (χ1) is 12.0. The molecular weight excluding hydrogens is 347 g/mol. The highest BCUT2D eigenvalue weighted by molar-refractivity contribution is 7.99. The third-order valence-corrected chi connectivity index (χ3v) is 4.49. The number of aryl methyl sites for hydroxylation is 1. The highest BCUT2D eigenvalue weighted by Gasteiger charge is 2.11. The van der Waals surface area contributed by atoms with E-state index in [4.69, 9.17) is 4.74 Å². The van der Waals surface area contributed by atoms with E-state index in [1.807, 2.05) is 0 Å². The normalized spacial score (nSPS) is 10.8. The number of nitrogens with zero attached hydrogens (tertiary/aromatic N) is 2. The Morgan fingerprint density at radius 2 is 2.28 bits per heavy atom. The monoisotopic (exact) mass is 368 g/mol. The van der Waals surface area contributed by atoms with E-state index in [0.717, 1.165) is 0 Å². The molecule has 0 fully saturated rings. The number of benzene rings is 1. The smallest absolute Gasteiger partial charge is 0.343 e. The van der Waals surface area contributed by atoms with Gasteiger partial charge in [0.15, 0.2) is 5.16 Å². The molecule has 0 spiro atoms. The van der Waals surface area contributed by atoms with Crippen LogP contribution < -0.4 is 11.0 Å². The summed E-state index contributed by atoms with van der Waals surface area (Å²) in [7, 11) is 1.60.